The molecule has 0 spiro atoms. The third-order valence-electron chi connectivity index (χ3n) is 7.70. The largest absolute Gasteiger partial charge is 0.397 e. The van der Waals surface area contributed by atoms with Crippen LogP contribution in [-0.2, 0) is 30.2 Å². The maximum Gasteiger partial charge on any atom is 0.327 e. The second kappa shape index (κ2) is 16.7. The minimum absolute atomic E-state index is 0.00389. The number of nitrogens with two attached hydrogens (primary N) is 2. The topological polar surface area (TPSA) is 189 Å². The Balaban J connectivity index is 1.22. The number of carbonyl (C=O) groups is 4. The van der Waals surface area contributed by atoms with Crippen molar-refractivity contribution in [2.75, 3.05) is 30.3 Å². The lowest BCUT2D eigenvalue weighted by atomic mass is 9.96. The number of nitrogens with zero attached hydrogens (tertiary/aromatic N) is 2. The van der Waals surface area contributed by atoms with Crippen LogP contribution in [0.25, 0.3) is 11.4 Å². The Bertz CT molecular complexity index is 1420. The molecule has 1 saturated heterocycles. The molecule has 0 saturated carbocycles. The number of likely N-dealkylation sites (tertiary alicyclic amines) is 1. The maximum atomic E-state index is 13.5. The zero-order chi connectivity index (χ0) is 32.3. The van der Waals surface area contributed by atoms with Crippen molar-refractivity contribution in [2.24, 2.45) is 11.5 Å². The fourth-order valence-corrected chi connectivity index (χ4v) is 6.80. The summed E-state index contributed by atoms with van der Waals surface area (Å²) in [6.07, 6.45) is 3.48. The molecule has 2 aliphatic rings. The van der Waals surface area contributed by atoms with Crippen LogP contribution in [0.5, 0.6) is 0 Å². The van der Waals surface area contributed by atoms with Crippen LogP contribution in [-0.4, -0.2) is 69.0 Å². The monoisotopic (exact) mass is 657 g/mol. The summed E-state index contributed by atoms with van der Waals surface area (Å²) in [7, 11) is -2.31. The number of imide groups is 1. The molecule has 2 aromatic carbocycles. The smallest absolute Gasteiger partial charge is 0.327 e. The lowest BCUT2D eigenvalue weighted by Crippen LogP contribution is -2.38. The van der Waals surface area contributed by atoms with E-state index in [9.17, 15) is 19.2 Å². The van der Waals surface area contributed by atoms with E-state index in [1.165, 1.54) is 11.8 Å². The molecule has 2 aromatic rings. The van der Waals surface area contributed by atoms with Crippen molar-refractivity contribution in [3.05, 3.63) is 65.2 Å². The van der Waals surface area contributed by atoms with Gasteiger partial charge in [-0.3, -0.25) is 24.1 Å². The van der Waals surface area contributed by atoms with Crippen LogP contribution in [0.15, 0.2) is 48.5 Å². The number of thioether (sulfide) groups is 1. The van der Waals surface area contributed by atoms with E-state index < -0.39 is 13.9 Å². The molecule has 4 rings (SSSR count). The number of benzene rings is 2. The number of hydrogen-bond donors (Lipinski definition) is 5. The number of nitrogens with one attached hydrogen (secondary N) is 1. The van der Waals surface area contributed by atoms with Gasteiger partial charge in [0.15, 0.2) is 0 Å². The first-order valence-corrected chi connectivity index (χ1v) is 17.1. The number of rotatable bonds is 15. The van der Waals surface area contributed by atoms with Crippen molar-refractivity contribution in [1.29, 1.82) is 0 Å². The normalized spacial score (nSPS) is 18.1. The van der Waals surface area contributed by atoms with Crippen molar-refractivity contribution in [3.63, 3.8) is 0 Å². The van der Waals surface area contributed by atoms with Crippen LogP contribution in [0.4, 0.5) is 5.69 Å². The molecule has 2 aliphatic heterocycles. The van der Waals surface area contributed by atoms with Crippen LogP contribution < -0.4 is 21.7 Å². The van der Waals surface area contributed by atoms with Gasteiger partial charge in [-0.1, -0.05) is 55.3 Å². The van der Waals surface area contributed by atoms with Gasteiger partial charge in [-0.15, -0.1) is 11.8 Å². The highest BCUT2D eigenvalue weighted by molar-refractivity contribution is 8.00. The Labute approximate surface area is 268 Å². The number of unbranched alkanes of at least 4 members (excludes halogenated alkanes) is 3. The Morgan fingerprint density at radius 1 is 0.956 bits per heavy atom. The third kappa shape index (κ3) is 9.27. The number of anilines is 1. The third-order valence-corrected chi connectivity index (χ3v) is 9.41. The molecule has 0 aromatic heterocycles. The minimum Gasteiger partial charge on any atom is -0.397 e. The van der Waals surface area contributed by atoms with Gasteiger partial charge in [0.05, 0.1) is 35.5 Å². The van der Waals surface area contributed by atoms with E-state index >= 15 is 0 Å². The van der Waals surface area contributed by atoms with E-state index in [0.29, 0.717) is 29.3 Å². The Hall–Kier alpha value is -3.48. The van der Waals surface area contributed by atoms with Gasteiger partial charge in [0, 0.05) is 43.5 Å². The molecule has 1 atom stereocenters. The lowest BCUT2D eigenvalue weighted by molar-refractivity contribution is -0.138. The summed E-state index contributed by atoms with van der Waals surface area (Å²) in [4.78, 5) is 71.5. The SMILES string of the molecule is N/C1=C(\N)c2ccccc2N(C(=O)CCNC(=O)CCN2C(=O)CC(SCCCCCCOP(O)O)C2=O)Cc2ccccc21. The molecule has 2 heterocycles. The molecule has 45 heavy (non-hydrogen) atoms. The summed E-state index contributed by atoms with van der Waals surface area (Å²) in [6, 6.07) is 14.8. The van der Waals surface area contributed by atoms with Crippen molar-refractivity contribution in [3.8, 4) is 0 Å². The summed E-state index contributed by atoms with van der Waals surface area (Å²) in [5.41, 5.74) is 16.6. The highest BCUT2D eigenvalue weighted by Gasteiger charge is 2.38. The quantitative estimate of drug-likeness (QED) is 0.108. The lowest BCUT2D eigenvalue weighted by Gasteiger charge is -2.29. The van der Waals surface area contributed by atoms with Gasteiger partial charge < -0.3 is 36.0 Å². The summed E-state index contributed by atoms with van der Waals surface area (Å²) < 4.78 is 4.73. The molecule has 0 bridgehead atoms. The van der Waals surface area contributed by atoms with Gasteiger partial charge in [-0.05, 0) is 30.2 Å². The maximum absolute atomic E-state index is 13.5. The van der Waals surface area contributed by atoms with Crippen molar-refractivity contribution >= 4 is 61.1 Å². The predicted molar refractivity (Wildman–Crippen MR) is 175 cm³/mol. The fraction of sp³-hybridized carbons (Fsp3) is 0.419. The molecule has 12 nitrogen and oxygen atoms in total. The van der Waals surface area contributed by atoms with E-state index in [4.69, 9.17) is 25.8 Å². The predicted octanol–water partition coefficient (Wildman–Crippen LogP) is 2.82. The molecule has 1 unspecified atom stereocenters. The summed E-state index contributed by atoms with van der Waals surface area (Å²) in [5.74, 6) is -0.383. The Kier molecular flexibility index (Phi) is 12.8. The standard InChI is InChI=1S/C31H40N5O7PS/c32-29-22-10-4-3-9-21(22)20-36(24-12-6-5-11-23(24)30(29)33)27(38)13-15-34-26(37)14-16-35-28(39)19-25(31(35)40)45-18-8-2-1-7-17-43-44(41)42/h3-6,9-12,25,41-42H,1-2,7-8,13-20,32-33H2,(H,34,37)/b30-29-. The molecular weight excluding hydrogens is 617 g/mol. The molecule has 242 valence electrons. The van der Waals surface area contributed by atoms with Crippen LogP contribution in [0.2, 0.25) is 0 Å². The Morgan fingerprint density at radius 3 is 2.42 bits per heavy atom. The molecule has 1 fully saturated rings. The molecule has 14 heteroatoms. The highest BCUT2D eigenvalue weighted by atomic mass is 32.2. The average molecular weight is 658 g/mol. The van der Waals surface area contributed by atoms with E-state index in [1.807, 2.05) is 48.5 Å². The van der Waals surface area contributed by atoms with Gasteiger partial charge in [0.2, 0.25) is 23.6 Å². The van der Waals surface area contributed by atoms with E-state index in [0.717, 1.165) is 47.5 Å². The number of hydrogen-bond acceptors (Lipinski definition) is 10. The minimum atomic E-state index is -2.31. The van der Waals surface area contributed by atoms with Gasteiger partial charge in [-0.25, -0.2) is 0 Å². The van der Waals surface area contributed by atoms with Crippen molar-refractivity contribution < 1.29 is 33.5 Å². The fourth-order valence-electron chi connectivity index (χ4n) is 5.32. The van der Waals surface area contributed by atoms with E-state index in [-0.39, 0.29) is 62.5 Å². The second-order valence-corrected chi connectivity index (χ2v) is 12.9. The highest BCUT2D eigenvalue weighted by Crippen LogP contribution is 2.34. The average Bonchev–Trinajstić information content (AvgIpc) is 3.30. The Morgan fingerprint density at radius 2 is 1.64 bits per heavy atom. The summed E-state index contributed by atoms with van der Waals surface area (Å²) >= 11 is 1.45. The van der Waals surface area contributed by atoms with Gasteiger partial charge >= 0.3 is 8.60 Å². The molecule has 7 N–H and O–H groups in total. The number of carbonyl (C=O) groups excluding carboxylic acids is 4. The van der Waals surface area contributed by atoms with Crippen molar-refractivity contribution in [2.45, 2.75) is 56.7 Å². The summed E-state index contributed by atoms with van der Waals surface area (Å²) in [5, 5.41) is 2.30. The van der Waals surface area contributed by atoms with E-state index in [1.54, 1.807) is 4.90 Å². The summed E-state index contributed by atoms with van der Waals surface area (Å²) in [6.45, 7) is 0.679. The number of para-hydroxylation sites is 1. The van der Waals surface area contributed by atoms with E-state index in [2.05, 4.69) is 5.32 Å². The molecule has 0 radical (unpaired) electrons. The first-order valence-electron chi connectivity index (χ1n) is 14.9. The number of fused-ring (bicyclic) bond motifs is 2. The van der Waals surface area contributed by atoms with Gasteiger partial charge in [0.25, 0.3) is 0 Å². The number of amides is 4. The molecular formula is C31H40N5O7PS. The van der Waals surface area contributed by atoms with Crippen LogP contribution in [0.3, 0.4) is 0 Å². The van der Waals surface area contributed by atoms with Crippen LogP contribution >= 0.6 is 20.4 Å². The second-order valence-electron chi connectivity index (χ2n) is 10.8. The molecule has 0 aliphatic carbocycles. The van der Waals surface area contributed by atoms with Crippen LogP contribution in [0.1, 0.15) is 61.6 Å². The van der Waals surface area contributed by atoms with Gasteiger partial charge in [-0.2, -0.15) is 0 Å². The van der Waals surface area contributed by atoms with Crippen LogP contribution in [0, 0.1) is 0 Å². The van der Waals surface area contributed by atoms with Crippen molar-refractivity contribution in [1.82, 2.24) is 10.2 Å². The first-order chi connectivity index (χ1) is 21.7. The van der Waals surface area contributed by atoms with Gasteiger partial charge in [0.1, 0.15) is 0 Å². The zero-order valence-electron chi connectivity index (χ0n) is 25.0. The first kappa shape index (κ1) is 34.4. The zero-order valence-corrected chi connectivity index (χ0v) is 26.7. The molecule has 4 amide bonds.